The van der Waals surface area contributed by atoms with Crippen LogP contribution in [0.5, 0.6) is 0 Å². The zero-order valence-electron chi connectivity index (χ0n) is 10.5. The van der Waals surface area contributed by atoms with Crippen molar-refractivity contribution >= 4 is 27.8 Å². The molecule has 0 heterocycles. The first kappa shape index (κ1) is 13.0. The molecule has 92 valence electrons. The molecule has 1 aliphatic carbocycles. The molecular weight excluding hydrogens is 290 g/mol. The maximum Gasteiger partial charge on any atom is 0.153 e. The summed E-state index contributed by atoms with van der Waals surface area (Å²) in [4.78, 5) is 11.7. The predicted octanol–water partition coefficient (Wildman–Crippen LogP) is 3.90. The summed E-state index contributed by atoms with van der Waals surface area (Å²) in [6.45, 7) is 3.20. The SMILES string of the molecule is CC(=O)C(C)(C#N)C1=Cc2ccc(Br)cc2CC1. The lowest BCUT2D eigenvalue weighted by Crippen LogP contribution is -2.27. The second-order valence-electron chi connectivity index (χ2n) is 4.81. The van der Waals surface area contributed by atoms with Gasteiger partial charge in [0, 0.05) is 4.47 Å². The standard InChI is InChI=1S/C15H14BrNO/c1-10(18)15(2,9-17)13-5-3-12-8-14(16)6-4-11(12)7-13/h4,6-8H,3,5H2,1-2H3. The minimum absolute atomic E-state index is 0.0863. The van der Waals surface area contributed by atoms with Gasteiger partial charge in [0.15, 0.2) is 5.78 Å². The van der Waals surface area contributed by atoms with Crippen LogP contribution in [-0.4, -0.2) is 5.78 Å². The minimum atomic E-state index is -0.981. The third-order valence-electron chi connectivity index (χ3n) is 3.67. The molecule has 0 aromatic heterocycles. The summed E-state index contributed by atoms with van der Waals surface area (Å²) in [6.07, 6.45) is 3.65. The number of halogens is 1. The Morgan fingerprint density at radius 2 is 2.17 bits per heavy atom. The number of hydrogen-bond donors (Lipinski definition) is 0. The van der Waals surface area contributed by atoms with Gasteiger partial charge in [-0.15, -0.1) is 0 Å². The normalized spacial score (nSPS) is 17.1. The van der Waals surface area contributed by atoms with E-state index in [0.29, 0.717) is 0 Å². The fraction of sp³-hybridized carbons (Fsp3) is 0.333. The minimum Gasteiger partial charge on any atom is -0.298 e. The number of fused-ring (bicyclic) bond motifs is 1. The Labute approximate surface area is 115 Å². The van der Waals surface area contributed by atoms with E-state index in [0.717, 1.165) is 28.5 Å². The lowest BCUT2D eigenvalue weighted by atomic mass is 9.74. The molecule has 0 radical (unpaired) electrons. The van der Waals surface area contributed by atoms with E-state index in [-0.39, 0.29) is 5.78 Å². The van der Waals surface area contributed by atoms with Crippen molar-refractivity contribution in [3.8, 4) is 6.07 Å². The summed E-state index contributed by atoms with van der Waals surface area (Å²) in [5, 5.41) is 9.28. The van der Waals surface area contributed by atoms with Crippen molar-refractivity contribution < 1.29 is 4.79 Å². The fourth-order valence-electron chi connectivity index (χ4n) is 2.23. The van der Waals surface area contributed by atoms with Crippen LogP contribution in [0.3, 0.4) is 0 Å². The molecule has 2 nitrogen and oxygen atoms in total. The van der Waals surface area contributed by atoms with Gasteiger partial charge in [-0.2, -0.15) is 5.26 Å². The molecule has 0 saturated heterocycles. The number of ketones is 1. The van der Waals surface area contributed by atoms with Gasteiger partial charge in [-0.1, -0.05) is 28.1 Å². The van der Waals surface area contributed by atoms with Crippen molar-refractivity contribution in [2.75, 3.05) is 0 Å². The van der Waals surface area contributed by atoms with E-state index in [1.807, 2.05) is 18.2 Å². The highest BCUT2D eigenvalue weighted by Crippen LogP contribution is 2.37. The highest BCUT2D eigenvalue weighted by atomic mass is 79.9. The summed E-state index contributed by atoms with van der Waals surface area (Å²) in [5.74, 6) is -0.0863. The van der Waals surface area contributed by atoms with Crippen LogP contribution in [0.2, 0.25) is 0 Å². The predicted molar refractivity (Wildman–Crippen MR) is 74.8 cm³/mol. The largest absolute Gasteiger partial charge is 0.298 e. The van der Waals surface area contributed by atoms with Crippen LogP contribution < -0.4 is 0 Å². The number of benzene rings is 1. The van der Waals surface area contributed by atoms with Gasteiger partial charge in [0.25, 0.3) is 0 Å². The molecule has 0 fully saturated rings. The summed E-state index contributed by atoms with van der Waals surface area (Å²) in [6, 6.07) is 8.27. The average molecular weight is 304 g/mol. The van der Waals surface area contributed by atoms with Gasteiger partial charge < -0.3 is 0 Å². The number of rotatable bonds is 2. The number of allylic oxidation sites excluding steroid dienone is 1. The van der Waals surface area contributed by atoms with Crippen LogP contribution in [0, 0.1) is 16.7 Å². The molecule has 0 bridgehead atoms. The maximum absolute atomic E-state index is 11.7. The van der Waals surface area contributed by atoms with Gasteiger partial charge in [-0.25, -0.2) is 0 Å². The zero-order valence-corrected chi connectivity index (χ0v) is 12.0. The van der Waals surface area contributed by atoms with Crippen molar-refractivity contribution in [3.05, 3.63) is 39.4 Å². The van der Waals surface area contributed by atoms with Gasteiger partial charge in [-0.3, -0.25) is 4.79 Å². The number of carbonyl (C=O) groups excluding carboxylic acids is 1. The number of Topliss-reactive ketones (excluding diaryl/α,β-unsaturated/α-hetero) is 1. The third-order valence-corrected chi connectivity index (χ3v) is 4.16. The number of nitrogens with zero attached hydrogens (tertiary/aromatic N) is 1. The molecule has 1 atom stereocenters. The molecule has 1 aliphatic rings. The maximum atomic E-state index is 11.7. The first-order valence-electron chi connectivity index (χ1n) is 5.89. The molecule has 0 saturated carbocycles. The number of hydrogen-bond acceptors (Lipinski definition) is 2. The van der Waals surface area contributed by atoms with E-state index in [4.69, 9.17) is 0 Å². The molecule has 3 heteroatoms. The first-order valence-corrected chi connectivity index (χ1v) is 6.68. The van der Waals surface area contributed by atoms with Crippen LogP contribution in [0.15, 0.2) is 28.2 Å². The van der Waals surface area contributed by atoms with Crippen LogP contribution in [-0.2, 0) is 11.2 Å². The quantitative estimate of drug-likeness (QED) is 0.831. The number of carbonyl (C=O) groups is 1. The Balaban J connectivity index is 2.48. The molecule has 0 amide bonds. The second kappa shape index (κ2) is 4.70. The van der Waals surface area contributed by atoms with Gasteiger partial charge >= 0.3 is 0 Å². The summed E-state index contributed by atoms with van der Waals surface area (Å²) >= 11 is 3.45. The first-order chi connectivity index (χ1) is 8.47. The molecule has 1 aromatic rings. The number of aryl methyl sites for hydroxylation is 1. The van der Waals surface area contributed by atoms with Crippen LogP contribution >= 0.6 is 15.9 Å². The van der Waals surface area contributed by atoms with E-state index in [1.54, 1.807) is 6.92 Å². The second-order valence-corrected chi connectivity index (χ2v) is 5.72. The highest BCUT2D eigenvalue weighted by Gasteiger charge is 2.35. The molecular formula is C15H14BrNO. The van der Waals surface area contributed by atoms with E-state index >= 15 is 0 Å². The summed E-state index contributed by atoms with van der Waals surface area (Å²) in [5.41, 5.74) is 2.32. The van der Waals surface area contributed by atoms with Crippen LogP contribution in [0.25, 0.3) is 6.08 Å². The van der Waals surface area contributed by atoms with Crippen molar-refractivity contribution in [1.29, 1.82) is 5.26 Å². The Morgan fingerprint density at radius 1 is 1.44 bits per heavy atom. The highest BCUT2D eigenvalue weighted by molar-refractivity contribution is 9.10. The van der Waals surface area contributed by atoms with E-state index < -0.39 is 5.41 Å². The lowest BCUT2D eigenvalue weighted by Gasteiger charge is -2.26. The fourth-order valence-corrected chi connectivity index (χ4v) is 2.64. The smallest absolute Gasteiger partial charge is 0.153 e. The van der Waals surface area contributed by atoms with Gasteiger partial charge in [-0.05, 0) is 55.5 Å². The molecule has 1 unspecified atom stereocenters. The summed E-state index contributed by atoms with van der Waals surface area (Å²) < 4.78 is 1.06. The number of nitriles is 1. The third kappa shape index (κ3) is 2.13. The Morgan fingerprint density at radius 3 is 2.78 bits per heavy atom. The Hall–Kier alpha value is -1.40. The van der Waals surface area contributed by atoms with Crippen molar-refractivity contribution in [1.82, 2.24) is 0 Å². The van der Waals surface area contributed by atoms with Crippen LogP contribution in [0.1, 0.15) is 31.4 Å². The van der Waals surface area contributed by atoms with Gasteiger partial charge in [0.05, 0.1) is 6.07 Å². The van der Waals surface area contributed by atoms with Crippen LogP contribution in [0.4, 0.5) is 0 Å². The Kier molecular flexibility index (Phi) is 3.41. The zero-order chi connectivity index (χ0) is 13.3. The van der Waals surface area contributed by atoms with E-state index in [2.05, 4.69) is 28.1 Å². The van der Waals surface area contributed by atoms with E-state index in [1.165, 1.54) is 12.5 Å². The van der Waals surface area contributed by atoms with Gasteiger partial charge in [0.2, 0.25) is 0 Å². The molecule has 1 aromatic carbocycles. The summed E-state index contributed by atoms with van der Waals surface area (Å²) in [7, 11) is 0. The molecule has 0 spiro atoms. The average Bonchev–Trinajstić information content (AvgIpc) is 2.36. The monoisotopic (exact) mass is 303 g/mol. The molecule has 0 aliphatic heterocycles. The van der Waals surface area contributed by atoms with Crippen molar-refractivity contribution in [2.24, 2.45) is 5.41 Å². The van der Waals surface area contributed by atoms with Crippen molar-refractivity contribution in [3.63, 3.8) is 0 Å². The van der Waals surface area contributed by atoms with E-state index in [9.17, 15) is 10.1 Å². The topological polar surface area (TPSA) is 40.9 Å². The molecule has 0 N–H and O–H groups in total. The molecule has 2 rings (SSSR count). The van der Waals surface area contributed by atoms with Gasteiger partial charge in [0.1, 0.15) is 5.41 Å². The molecule has 18 heavy (non-hydrogen) atoms. The van der Waals surface area contributed by atoms with Crippen molar-refractivity contribution in [2.45, 2.75) is 26.7 Å². The Bertz CT molecular complexity index is 583. The lowest BCUT2D eigenvalue weighted by molar-refractivity contribution is -0.121.